The summed E-state index contributed by atoms with van der Waals surface area (Å²) in [5.41, 5.74) is 3.51. The van der Waals surface area contributed by atoms with E-state index in [1.54, 1.807) is 31.4 Å². The minimum Gasteiger partial charge on any atom is -0.497 e. The van der Waals surface area contributed by atoms with Crippen molar-refractivity contribution in [3.05, 3.63) is 65.0 Å². The van der Waals surface area contributed by atoms with Gasteiger partial charge in [-0.2, -0.15) is 0 Å². The number of methoxy groups -OCH3 is 1. The Morgan fingerprint density at radius 2 is 1.76 bits per heavy atom. The lowest BCUT2D eigenvalue weighted by Gasteiger charge is -2.15. The third-order valence-corrected chi connectivity index (χ3v) is 5.95. The van der Waals surface area contributed by atoms with Gasteiger partial charge in [-0.15, -0.1) is 10.2 Å². The van der Waals surface area contributed by atoms with Gasteiger partial charge in [0.25, 0.3) is 5.91 Å². The van der Waals surface area contributed by atoms with Gasteiger partial charge in [0.1, 0.15) is 5.75 Å². The normalized spacial score (nSPS) is 11.7. The molecule has 0 aliphatic carbocycles. The first-order valence-electron chi connectivity index (χ1n) is 10.7. The highest BCUT2D eigenvalue weighted by atomic mass is 32.2. The molecule has 174 valence electrons. The van der Waals surface area contributed by atoms with Crippen LogP contribution in [0.5, 0.6) is 5.75 Å². The summed E-state index contributed by atoms with van der Waals surface area (Å²) in [5.74, 6) is 1.21. The average Bonchev–Trinajstić information content (AvgIpc) is 3.20. The zero-order chi connectivity index (χ0) is 24.0. The predicted octanol–water partition coefficient (Wildman–Crippen LogP) is 4.15. The predicted molar refractivity (Wildman–Crippen MR) is 130 cm³/mol. The van der Waals surface area contributed by atoms with Gasteiger partial charge >= 0.3 is 0 Å². The molecule has 2 aromatic carbocycles. The van der Waals surface area contributed by atoms with Crippen molar-refractivity contribution in [3.63, 3.8) is 0 Å². The number of thioether (sulfide) groups is 1. The lowest BCUT2D eigenvalue weighted by molar-refractivity contribution is -0.113. The Morgan fingerprint density at radius 1 is 1.09 bits per heavy atom. The van der Waals surface area contributed by atoms with Crippen LogP contribution in [0.15, 0.2) is 47.6 Å². The van der Waals surface area contributed by atoms with Crippen LogP contribution in [0.3, 0.4) is 0 Å². The van der Waals surface area contributed by atoms with Crippen molar-refractivity contribution in [2.24, 2.45) is 0 Å². The molecule has 0 radical (unpaired) electrons. The van der Waals surface area contributed by atoms with Crippen LogP contribution >= 0.6 is 11.8 Å². The standard InChI is InChI=1S/C24H29N5O3S/c1-6-29-22(17(4)25-23(31)18-7-9-20(32-5)10-8-18)27-28-24(29)33-14-21(30)26-19-12-15(2)11-16(3)13-19/h7-13,17H,6,14H2,1-5H3,(H,25,31)(H,26,30)/t17-/m0/s1. The van der Waals surface area contributed by atoms with Crippen molar-refractivity contribution in [2.75, 3.05) is 18.2 Å². The van der Waals surface area contributed by atoms with Gasteiger partial charge in [0.15, 0.2) is 11.0 Å². The SMILES string of the molecule is CCn1c(SCC(=O)Nc2cc(C)cc(C)c2)nnc1[C@H](C)NC(=O)c1ccc(OC)cc1. The number of benzene rings is 2. The maximum Gasteiger partial charge on any atom is 0.251 e. The molecule has 0 saturated heterocycles. The molecule has 0 aliphatic rings. The fourth-order valence-corrected chi connectivity index (χ4v) is 4.29. The van der Waals surface area contributed by atoms with Gasteiger partial charge in [-0.3, -0.25) is 9.59 Å². The smallest absolute Gasteiger partial charge is 0.251 e. The molecule has 9 heteroatoms. The Morgan fingerprint density at radius 3 is 2.36 bits per heavy atom. The molecule has 3 aromatic rings. The molecular formula is C24H29N5O3S. The first kappa shape index (κ1) is 24.3. The van der Waals surface area contributed by atoms with Crippen molar-refractivity contribution in [3.8, 4) is 5.75 Å². The van der Waals surface area contributed by atoms with Gasteiger partial charge in [0.05, 0.1) is 18.9 Å². The second-order valence-electron chi connectivity index (χ2n) is 7.72. The summed E-state index contributed by atoms with van der Waals surface area (Å²) in [7, 11) is 1.58. The number of rotatable bonds is 9. The Bertz CT molecular complexity index is 1110. The van der Waals surface area contributed by atoms with Crippen LogP contribution in [0.4, 0.5) is 5.69 Å². The lowest BCUT2D eigenvalue weighted by atomic mass is 10.1. The van der Waals surface area contributed by atoms with Gasteiger partial charge in [0.2, 0.25) is 5.91 Å². The topological polar surface area (TPSA) is 98.1 Å². The number of ether oxygens (including phenoxy) is 1. The van der Waals surface area contributed by atoms with Gasteiger partial charge < -0.3 is 19.9 Å². The number of hydrogen-bond donors (Lipinski definition) is 2. The van der Waals surface area contributed by atoms with E-state index in [1.165, 1.54) is 11.8 Å². The zero-order valence-electron chi connectivity index (χ0n) is 19.5. The third-order valence-electron chi connectivity index (χ3n) is 4.99. The van der Waals surface area contributed by atoms with Crippen LogP contribution in [-0.2, 0) is 11.3 Å². The average molecular weight is 468 g/mol. The maximum atomic E-state index is 12.6. The summed E-state index contributed by atoms with van der Waals surface area (Å²) in [4.78, 5) is 25.0. The summed E-state index contributed by atoms with van der Waals surface area (Å²) in [6, 6.07) is 12.5. The van der Waals surface area contributed by atoms with E-state index in [0.29, 0.717) is 28.8 Å². The number of nitrogens with one attached hydrogen (secondary N) is 2. The van der Waals surface area contributed by atoms with Gasteiger partial charge in [-0.25, -0.2) is 0 Å². The number of aryl methyl sites for hydroxylation is 2. The van der Waals surface area contributed by atoms with Gasteiger partial charge in [-0.1, -0.05) is 17.8 Å². The summed E-state index contributed by atoms with van der Waals surface area (Å²) < 4.78 is 7.04. The number of nitrogens with zero attached hydrogens (tertiary/aromatic N) is 3. The quantitative estimate of drug-likeness (QED) is 0.459. The Kier molecular flexibility index (Phi) is 8.11. The highest BCUT2D eigenvalue weighted by Gasteiger charge is 2.20. The summed E-state index contributed by atoms with van der Waals surface area (Å²) in [5, 5.41) is 15.0. The Labute approximate surface area is 198 Å². The molecule has 0 bridgehead atoms. The number of hydrogen-bond acceptors (Lipinski definition) is 6. The third kappa shape index (κ3) is 6.35. The van der Waals surface area contributed by atoms with E-state index in [4.69, 9.17) is 4.74 Å². The highest BCUT2D eigenvalue weighted by Crippen LogP contribution is 2.22. The van der Waals surface area contributed by atoms with E-state index in [0.717, 1.165) is 16.8 Å². The number of carbonyl (C=O) groups excluding carboxylic acids is 2. The van der Waals surface area contributed by atoms with Crippen LogP contribution in [0.25, 0.3) is 0 Å². The Balaban J connectivity index is 1.62. The number of carbonyl (C=O) groups is 2. The lowest BCUT2D eigenvalue weighted by Crippen LogP contribution is -2.28. The van der Waals surface area contributed by atoms with Crippen LogP contribution in [-0.4, -0.2) is 39.4 Å². The number of anilines is 1. The first-order chi connectivity index (χ1) is 15.8. The molecule has 1 heterocycles. The van der Waals surface area contributed by atoms with E-state index in [1.807, 2.05) is 44.4 Å². The molecule has 2 amide bonds. The van der Waals surface area contributed by atoms with Crippen molar-refractivity contribution in [2.45, 2.75) is 45.4 Å². The van der Waals surface area contributed by atoms with E-state index in [9.17, 15) is 9.59 Å². The zero-order valence-corrected chi connectivity index (χ0v) is 20.3. The molecule has 1 aromatic heterocycles. The second-order valence-corrected chi connectivity index (χ2v) is 8.66. The fraction of sp³-hybridized carbons (Fsp3) is 0.333. The number of amides is 2. The molecule has 33 heavy (non-hydrogen) atoms. The molecule has 0 saturated carbocycles. The van der Waals surface area contributed by atoms with Crippen molar-refractivity contribution in [1.29, 1.82) is 0 Å². The van der Waals surface area contributed by atoms with Crippen LogP contribution in [0.2, 0.25) is 0 Å². The monoisotopic (exact) mass is 467 g/mol. The van der Waals surface area contributed by atoms with Crippen molar-refractivity contribution >= 4 is 29.3 Å². The van der Waals surface area contributed by atoms with Gasteiger partial charge in [-0.05, 0) is 75.2 Å². The Hall–Kier alpha value is -3.33. The minimum absolute atomic E-state index is 0.113. The summed E-state index contributed by atoms with van der Waals surface area (Å²) in [6.07, 6.45) is 0. The van der Waals surface area contributed by atoms with Crippen LogP contribution in [0.1, 0.15) is 47.2 Å². The van der Waals surface area contributed by atoms with E-state index in [2.05, 4.69) is 26.9 Å². The molecule has 0 fully saturated rings. The van der Waals surface area contributed by atoms with Crippen LogP contribution < -0.4 is 15.4 Å². The second kappa shape index (κ2) is 11.0. The summed E-state index contributed by atoms with van der Waals surface area (Å²) >= 11 is 1.32. The fourth-order valence-electron chi connectivity index (χ4n) is 3.49. The minimum atomic E-state index is -0.356. The largest absolute Gasteiger partial charge is 0.497 e. The molecule has 0 aliphatic heterocycles. The molecule has 8 nitrogen and oxygen atoms in total. The highest BCUT2D eigenvalue weighted by molar-refractivity contribution is 7.99. The molecule has 0 unspecified atom stereocenters. The molecular weight excluding hydrogens is 438 g/mol. The van der Waals surface area contributed by atoms with Crippen molar-refractivity contribution < 1.29 is 14.3 Å². The van der Waals surface area contributed by atoms with Crippen LogP contribution in [0, 0.1) is 13.8 Å². The molecule has 0 spiro atoms. The molecule has 1 atom stereocenters. The van der Waals surface area contributed by atoms with Crippen molar-refractivity contribution in [1.82, 2.24) is 20.1 Å². The first-order valence-corrected chi connectivity index (χ1v) is 11.7. The van der Waals surface area contributed by atoms with Gasteiger partial charge in [0, 0.05) is 17.8 Å². The van der Waals surface area contributed by atoms with E-state index < -0.39 is 0 Å². The summed E-state index contributed by atoms with van der Waals surface area (Å²) in [6.45, 7) is 8.45. The molecule has 2 N–H and O–H groups in total. The van der Waals surface area contributed by atoms with E-state index >= 15 is 0 Å². The number of aromatic nitrogens is 3. The maximum absolute atomic E-state index is 12.6. The molecule has 3 rings (SSSR count). The van der Waals surface area contributed by atoms with E-state index in [-0.39, 0.29) is 23.6 Å².